The van der Waals surface area contributed by atoms with Crippen LogP contribution in [0.1, 0.15) is 5.56 Å². The third-order valence-electron chi connectivity index (χ3n) is 4.24. The van der Waals surface area contributed by atoms with Crippen LogP contribution in [-0.4, -0.2) is 31.1 Å². The predicted octanol–water partition coefficient (Wildman–Crippen LogP) is 4.61. The molecule has 26 heavy (non-hydrogen) atoms. The normalized spacial score (nSPS) is 11.3. The molecule has 0 saturated heterocycles. The molecule has 0 unspecified atom stereocenters. The molecule has 0 radical (unpaired) electrons. The number of ether oxygens (including phenoxy) is 1. The summed E-state index contributed by atoms with van der Waals surface area (Å²) in [6.07, 6.45) is 3.77. The zero-order valence-electron chi connectivity index (χ0n) is 14.8. The Labute approximate surface area is 157 Å². The first-order chi connectivity index (χ1) is 12.7. The Morgan fingerprint density at radius 1 is 1.00 bits per heavy atom. The van der Waals surface area contributed by atoms with E-state index in [9.17, 15) is 4.79 Å². The minimum absolute atomic E-state index is 0.0966. The van der Waals surface area contributed by atoms with E-state index in [0.717, 1.165) is 45.4 Å². The van der Waals surface area contributed by atoms with E-state index in [0.29, 0.717) is 13.2 Å². The van der Waals surface area contributed by atoms with Crippen LogP contribution in [0.3, 0.4) is 0 Å². The maximum atomic E-state index is 12.7. The molecule has 3 aromatic rings. The molecule has 0 spiro atoms. The van der Waals surface area contributed by atoms with Crippen molar-refractivity contribution in [3.05, 3.63) is 83.6 Å². The van der Waals surface area contributed by atoms with Gasteiger partial charge in [0.1, 0.15) is 0 Å². The van der Waals surface area contributed by atoms with Gasteiger partial charge in [-0.3, -0.25) is 9.69 Å². The topological polar surface area (TPSA) is 29.5 Å². The summed E-state index contributed by atoms with van der Waals surface area (Å²) in [5.74, 6) is 0. The molecule has 0 N–H and O–H groups in total. The summed E-state index contributed by atoms with van der Waals surface area (Å²) in [4.78, 5) is 15.0. The number of fused-ring (bicyclic) bond motifs is 2. The van der Waals surface area contributed by atoms with Crippen LogP contribution in [0, 0.1) is 0 Å². The molecule has 134 valence electrons. The highest BCUT2D eigenvalue weighted by atomic mass is 32.1. The van der Waals surface area contributed by atoms with Crippen LogP contribution >= 0.6 is 11.3 Å². The van der Waals surface area contributed by atoms with E-state index in [4.69, 9.17) is 4.74 Å². The van der Waals surface area contributed by atoms with Crippen LogP contribution in [0.5, 0.6) is 0 Å². The van der Waals surface area contributed by atoms with Gasteiger partial charge < -0.3 is 4.74 Å². The van der Waals surface area contributed by atoms with Crippen molar-refractivity contribution >= 4 is 31.5 Å². The SMILES string of the molecule is C=CCN(CC=C)CCOCc1ccc2sc3ccccc3c(=O)c2c1. The third-order valence-corrected chi connectivity index (χ3v) is 5.39. The van der Waals surface area contributed by atoms with Gasteiger partial charge in [-0.1, -0.05) is 30.4 Å². The Bertz CT molecular complexity index is 967. The maximum absolute atomic E-state index is 12.7. The molecule has 0 atom stereocenters. The minimum atomic E-state index is 0.0966. The molecule has 0 bridgehead atoms. The first-order valence-corrected chi connectivity index (χ1v) is 9.51. The second-order valence-corrected chi connectivity index (χ2v) is 7.23. The summed E-state index contributed by atoms with van der Waals surface area (Å²) in [7, 11) is 0. The van der Waals surface area contributed by atoms with Gasteiger partial charge >= 0.3 is 0 Å². The quantitative estimate of drug-likeness (QED) is 0.315. The van der Waals surface area contributed by atoms with Gasteiger partial charge in [0.25, 0.3) is 0 Å². The molecule has 3 nitrogen and oxygen atoms in total. The smallest absolute Gasteiger partial charge is 0.195 e. The fraction of sp³-hybridized carbons (Fsp3) is 0.227. The van der Waals surface area contributed by atoms with E-state index in [1.807, 2.05) is 54.6 Å². The van der Waals surface area contributed by atoms with Gasteiger partial charge in [-0.2, -0.15) is 0 Å². The van der Waals surface area contributed by atoms with E-state index >= 15 is 0 Å². The number of hydrogen-bond donors (Lipinski definition) is 0. The third kappa shape index (κ3) is 4.28. The van der Waals surface area contributed by atoms with E-state index in [1.54, 1.807) is 11.3 Å². The molecule has 0 amide bonds. The van der Waals surface area contributed by atoms with Crippen molar-refractivity contribution in [1.82, 2.24) is 4.90 Å². The van der Waals surface area contributed by atoms with Gasteiger partial charge in [0.15, 0.2) is 5.43 Å². The summed E-state index contributed by atoms with van der Waals surface area (Å²) in [6.45, 7) is 11.1. The van der Waals surface area contributed by atoms with Crippen molar-refractivity contribution in [2.24, 2.45) is 0 Å². The molecule has 1 aromatic heterocycles. The number of rotatable bonds is 9. The van der Waals surface area contributed by atoms with Crippen LogP contribution in [0.25, 0.3) is 20.2 Å². The predicted molar refractivity (Wildman–Crippen MR) is 112 cm³/mol. The minimum Gasteiger partial charge on any atom is -0.375 e. The first kappa shape index (κ1) is 18.5. The lowest BCUT2D eigenvalue weighted by Crippen LogP contribution is -2.27. The lowest BCUT2D eigenvalue weighted by Gasteiger charge is -2.18. The number of nitrogens with zero attached hydrogens (tertiary/aromatic N) is 1. The van der Waals surface area contributed by atoms with Crippen molar-refractivity contribution < 1.29 is 4.74 Å². The van der Waals surface area contributed by atoms with Gasteiger partial charge in [-0.05, 0) is 29.8 Å². The van der Waals surface area contributed by atoms with Gasteiger partial charge in [0.05, 0.1) is 13.2 Å². The Morgan fingerprint density at radius 3 is 2.50 bits per heavy atom. The van der Waals surface area contributed by atoms with Crippen molar-refractivity contribution in [1.29, 1.82) is 0 Å². The average Bonchev–Trinajstić information content (AvgIpc) is 2.66. The van der Waals surface area contributed by atoms with Crippen LogP contribution in [-0.2, 0) is 11.3 Å². The van der Waals surface area contributed by atoms with Crippen molar-refractivity contribution in [2.75, 3.05) is 26.2 Å². The molecule has 4 heteroatoms. The highest BCUT2D eigenvalue weighted by molar-refractivity contribution is 7.24. The van der Waals surface area contributed by atoms with Gasteiger partial charge in [0, 0.05) is 39.8 Å². The average molecular weight is 365 g/mol. The largest absolute Gasteiger partial charge is 0.375 e. The number of hydrogen-bond acceptors (Lipinski definition) is 4. The molecule has 2 aromatic carbocycles. The van der Waals surface area contributed by atoms with Crippen molar-refractivity contribution in [3.63, 3.8) is 0 Å². The van der Waals surface area contributed by atoms with Gasteiger partial charge in [0.2, 0.25) is 0 Å². The molecule has 3 rings (SSSR count). The Morgan fingerprint density at radius 2 is 1.73 bits per heavy atom. The van der Waals surface area contributed by atoms with E-state index in [-0.39, 0.29) is 5.43 Å². The Balaban J connectivity index is 1.70. The molecular formula is C22H23NO2S. The standard InChI is InChI=1S/C22H23NO2S/c1-3-11-23(12-4-2)13-14-25-16-17-9-10-21-19(15-17)22(24)18-7-5-6-8-20(18)26-21/h3-10,15H,1-2,11-14,16H2. The molecule has 0 aliphatic carbocycles. The zero-order chi connectivity index (χ0) is 18.4. The Kier molecular flexibility index (Phi) is 6.34. The highest BCUT2D eigenvalue weighted by Crippen LogP contribution is 2.25. The van der Waals surface area contributed by atoms with Crippen LogP contribution in [0.2, 0.25) is 0 Å². The molecule has 0 saturated carbocycles. The fourth-order valence-electron chi connectivity index (χ4n) is 2.95. The molecule has 1 heterocycles. The number of benzene rings is 2. The Hall–Kier alpha value is -2.27. The summed E-state index contributed by atoms with van der Waals surface area (Å²) in [5, 5.41) is 1.56. The van der Waals surface area contributed by atoms with E-state index < -0.39 is 0 Å². The molecular weight excluding hydrogens is 342 g/mol. The summed E-state index contributed by atoms with van der Waals surface area (Å²) in [6, 6.07) is 13.8. The van der Waals surface area contributed by atoms with Crippen LogP contribution < -0.4 is 5.43 Å². The summed E-state index contributed by atoms with van der Waals surface area (Å²) < 4.78 is 7.85. The van der Waals surface area contributed by atoms with E-state index in [2.05, 4.69) is 18.1 Å². The van der Waals surface area contributed by atoms with Crippen molar-refractivity contribution in [2.45, 2.75) is 6.61 Å². The monoisotopic (exact) mass is 365 g/mol. The molecule has 0 aliphatic rings. The molecule has 0 fully saturated rings. The summed E-state index contributed by atoms with van der Waals surface area (Å²) in [5.41, 5.74) is 1.12. The van der Waals surface area contributed by atoms with Gasteiger partial charge in [-0.15, -0.1) is 24.5 Å². The first-order valence-electron chi connectivity index (χ1n) is 8.69. The van der Waals surface area contributed by atoms with Crippen LogP contribution in [0.4, 0.5) is 0 Å². The highest BCUT2D eigenvalue weighted by Gasteiger charge is 2.07. The lowest BCUT2D eigenvalue weighted by molar-refractivity contribution is 0.0990. The van der Waals surface area contributed by atoms with E-state index in [1.165, 1.54) is 0 Å². The molecule has 0 aliphatic heterocycles. The second kappa shape index (κ2) is 8.90. The fourth-order valence-corrected chi connectivity index (χ4v) is 4.00. The van der Waals surface area contributed by atoms with Gasteiger partial charge in [-0.25, -0.2) is 0 Å². The second-order valence-electron chi connectivity index (χ2n) is 6.15. The van der Waals surface area contributed by atoms with Crippen LogP contribution in [0.15, 0.2) is 72.6 Å². The maximum Gasteiger partial charge on any atom is 0.195 e. The zero-order valence-corrected chi connectivity index (χ0v) is 15.6. The summed E-state index contributed by atoms with van der Waals surface area (Å²) >= 11 is 1.65. The van der Waals surface area contributed by atoms with Crippen molar-refractivity contribution in [3.8, 4) is 0 Å². The lowest BCUT2D eigenvalue weighted by atomic mass is 10.1.